The van der Waals surface area contributed by atoms with E-state index in [1.807, 2.05) is 0 Å². The summed E-state index contributed by atoms with van der Waals surface area (Å²) in [5.41, 5.74) is 3.88. The zero-order valence-electron chi connectivity index (χ0n) is 12.2. The van der Waals surface area contributed by atoms with Gasteiger partial charge < -0.3 is 15.6 Å². The van der Waals surface area contributed by atoms with Gasteiger partial charge in [-0.05, 0) is 33.3 Å². The molecule has 5 heteroatoms. The van der Waals surface area contributed by atoms with E-state index in [2.05, 4.69) is 0 Å². The third kappa shape index (κ3) is 3.36. The summed E-state index contributed by atoms with van der Waals surface area (Å²) >= 11 is 0. The third-order valence-corrected chi connectivity index (χ3v) is 3.05. The van der Waals surface area contributed by atoms with Crippen LogP contribution in [0.25, 0.3) is 0 Å². The van der Waals surface area contributed by atoms with Crippen molar-refractivity contribution in [3.05, 3.63) is 35.9 Å². The molecule has 2 atom stereocenters. The number of carboxylic acids is 1. The highest BCUT2D eigenvalue weighted by atomic mass is 16.6. The summed E-state index contributed by atoms with van der Waals surface area (Å²) in [6.07, 6.45) is 0. The quantitative estimate of drug-likeness (QED) is 0.822. The normalized spacial score (nSPS) is 16.1. The maximum atomic E-state index is 12.1. The van der Waals surface area contributed by atoms with E-state index in [9.17, 15) is 14.7 Å². The van der Waals surface area contributed by atoms with E-state index in [1.165, 1.54) is 6.92 Å². The number of carbonyl (C=O) groups excluding carboxylic acids is 1. The number of hydrogen-bond donors (Lipinski definition) is 2. The molecule has 0 aliphatic carbocycles. The second-order valence-electron chi connectivity index (χ2n) is 5.80. The number of rotatable bonds is 4. The SMILES string of the molecule is CC(C(=O)OC(C)(C)C)C(N)(C(=O)O)c1ccccc1. The fourth-order valence-corrected chi connectivity index (χ4v) is 1.85. The summed E-state index contributed by atoms with van der Waals surface area (Å²) in [7, 11) is 0. The monoisotopic (exact) mass is 279 g/mol. The summed E-state index contributed by atoms with van der Waals surface area (Å²) in [6.45, 7) is 6.63. The second kappa shape index (κ2) is 5.63. The van der Waals surface area contributed by atoms with Gasteiger partial charge >= 0.3 is 11.9 Å². The highest BCUT2D eigenvalue weighted by Gasteiger charge is 2.46. The van der Waals surface area contributed by atoms with Crippen LogP contribution < -0.4 is 5.73 Å². The number of benzene rings is 1. The molecular weight excluding hydrogens is 258 g/mol. The molecule has 0 aliphatic rings. The van der Waals surface area contributed by atoms with Gasteiger partial charge in [0.1, 0.15) is 5.60 Å². The first-order valence-electron chi connectivity index (χ1n) is 6.39. The van der Waals surface area contributed by atoms with Crippen molar-refractivity contribution >= 4 is 11.9 Å². The molecule has 3 N–H and O–H groups in total. The standard InChI is InChI=1S/C15H21NO4/c1-10(12(17)20-14(2,3)4)15(16,13(18)19)11-8-6-5-7-9-11/h5-10H,16H2,1-4H3,(H,18,19). The molecule has 2 unspecified atom stereocenters. The van der Waals surface area contributed by atoms with Gasteiger partial charge in [0.25, 0.3) is 0 Å². The molecule has 0 saturated heterocycles. The minimum Gasteiger partial charge on any atom is -0.480 e. The van der Waals surface area contributed by atoms with Crippen molar-refractivity contribution in [2.24, 2.45) is 11.7 Å². The zero-order valence-corrected chi connectivity index (χ0v) is 12.2. The molecule has 0 amide bonds. The third-order valence-electron chi connectivity index (χ3n) is 3.05. The van der Waals surface area contributed by atoms with Crippen molar-refractivity contribution in [1.29, 1.82) is 0 Å². The molecule has 0 fully saturated rings. The van der Waals surface area contributed by atoms with Gasteiger partial charge in [0, 0.05) is 0 Å². The van der Waals surface area contributed by atoms with Crippen molar-refractivity contribution in [2.45, 2.75) is 38.8 Å². The average molecular weight is 279 g/mol. The minimum atomic E-state index is -1.82. The number of ether oxygens (including phenoxy) is 1. The lowest BCUT2D eigenvalue weighted by molar-refractivity contribution is -0.167. The van der Waals surface area contributed by atoms with Crippen molar-refractivity contribution in [2.75, 3.05) is 0 Å². The Kier molecular flexibility index (Phi) is 4.55. The molecule has 0 aromatic heterocycles. The van der Waals surface area contributed by atoms with Crippen molar-refractivity contribution in [3.8, 4) is 0 Å². The minimum absolute atomic E-state index is 0.367. The van der Waals surface area contributed by atoms with Gasteiger partial charge in [-0.25, -0.2) is 4.79 Å². The van der Waals surface area contributed by atoms with E-state index >= 15 is 0 Å². The van der Waals surface area contributed by atoms with Gasteiger partial charge in [0.15, 0.2) is 5.54 Å². The van der Waals surface area contributed by atoms with Crippen LogP contribution in [0, 0.1) is 5.92 Å². The Balaban J connectivity index is 3.15. The first-order chi connectivity index (χ1) is 9.09. The van der Waals surface area contributed by atoms with Gasteiger partial charge in [0.2, 0.25) is 0 Å². The van der Waals surface area contributed by atoms with Crippen molar-refractivity contribution in [3.63, 3.8) is 0 Å². The molecule has 1 aromatic rings. The lowest BCUT2D eigenvalue weighted by atomic mass is 9.79. The highest BCUT2D eigenvalue weighted by Crippen LogP contribution is 2.29. The maximum absolute atomic E-state index is 12.1. The van der Waals surface area contributed by atoms with Crippen LogP contribution in [0.1, 0.15) is 33.3 Å². The summed E-state index contributed by atoms with van der Waals surface area (Å²) in [5.74, 6) is -2.91. The molecule has 110 valence electrons. The van der Waals surface area contributed by atoms with Gasteiger partial charge in [-0.2, -0.15) is 0 Å². The molecule has 0 radical (unpaired) electrons. The summed E-state index contributed by atoms with van der Waals surface area (Å²) in [4.78, 5) is 23.7. The fraction of sp³-hybridized carbons (Fsp3) is 0.467. The molecule has 5 nitrogen and oxygen atoms in total. The Labute approximate surface area is 118 Å². The van der Waals surface area contributed by atoms with E-state index < -0.39 is 29.0 Å². The van der Waals surface area contributed by atoms with Crippen LogP contribution in [0.4, 0.5) is 0 Å². The van der Waals surface area contributed by atoms with E-state index in [1.54, 1.807) is 51.1 Å². The predicted molar refractivity (Wildman–Crippen MR) is 75.0 cm³/mol. The Bertz CT molecular complexity index is 492. The van der Waals surface area contributed by atoms with Gasteiger partial charge in [-0.15, -0.1) is 0 Å². The van der Waals surface area contributed by atoms with Gasteiger partial charge in [-0.3, -0.25) is 4.79 Å². The smallest absolute Gasteiger partial charge is 0.329 e. The number of carbonyl (C=O) groups is 2. The summed E-state index contributed by atoms with van der Waals surface area (Å²) in [6, 6.07) is 8.30. The number of hydrogen-bond acceptors (Lipinski definition) is 4. The van der Waals surface area contributed by atoms with Crippen LogP contribution in [0.3, 0.4) is 0 Å². The number of carboxylic acid groups (broad SMARTS) is 1. The molecule has 0 saturated carbocycles. The summed E-state index contributed by atoms with van der Waals surface area (Å²) in [5, 5.41) is 9.47. The highest BCUT2D eigenvalue weighted by molar-refractivity contribution is 5.88. The largest absolute Gasteiger partial charge is 0.480 e. The average Bonchev–Trinajstić information content (AvgIpc) is 2.35. The van der Waals surface area contributed by atoms with Gasteiger partial charge in [0.05, 0.1) is 5.92 Å². The fourth-order valence-electron chi connectivity index (χ4n) is 1.85. The topological polar surface area (TPSA) is 89.6 Å². The van der Waals surface area contributed by atoms with Crippen LogP contribution in [0.2, 0.25) is 0 Å². The molecule has 1 rings (SSSR count). The van der Waals surface area contributed by atoms with E-state index in [4.69, 9.17) is 10.5 Å². The Morgan fingerprint density at radius 2 is 1.70 bits per heavy atom. The Hall–Kier alpha value is -1.88. The Morgan fingerprint density at radius 3 is 2.10 bits per heavy atom. The lowest BCUT2D eigenvalue weighted by Crippen LogP contribution is -2.53. The maximum Gasteiger partial charge on any atom is 0.329 e. The molecule has 0 spiro atoms. The van der Waals surface area contributed by atoms with E-state index in [-0.39, 0.29) is 0 Å². The number of esters is 1. The van der Waals surface area contributed by atoms with Crippen molar-refractivity contribution in [1.82, 2.24) is 0 Å². The van der Waals surface area contributed by atoms with Crippen LogP contribution in [0.5, 0.6) is 0 Å². The van der Waals surface area contributed by atoms with Crippen LogP contribution in [0.15, 0.2) is 30.3 Å². The van der Waals surface area contributed by atoms with Crippen LogP contribution >= 0.6 is 0 Å². The molecule has 1 aromatic carbocycles. The molecular formula is C15H21NO4. The molecule has 0 bridgehead atoms. The van der Waals surface area contributed by atoms with Gasteiger partial charge in [-0.1, -0.05) is 30.3 Å². The first-order valence-corrected chi connectivity index (χ1v) is 6.39. The second-order valence-corrected chi connectivity index (χ2v) is 5.80. The van der Waals surface area contributed by atoms with Crippen LogP contribution in [-0.2, 0) is 19.9 Å². The predicted octanol–water partition coefficient (Wildman–Crippen LogP) is 1.90. The Morgan fingerprint density at radius 1 is 1.20 bits per heavy atom. The molecule has 20 heavy (non-hydrogen) atoms. The summed E-state index contributed by atoms with van der Waals surface area (Å²) < 4.78 is 5.24. The molecule has 0 heterocycles. The van der Waals surface area contributed by atoms with Crippen LogP contribution in [-0.4, -0.2) is 22.6 Å². The van der Waals surface area contributed by atoms with E-state index in [0.717, 1.165) is 0 Å². The van der Waals surface area contributed by atoms with Crippen molar-refractivity contribution < 1.29 is 19.4 Å². The van der Waals surface area contributed by atoms with E-state index in [0.29, 0.717) is 5.56 Å². The number of aliphatic carboxylic acids is 1. The first kappa shape index (κ1) is 16.2. The molecule has 0 aliphatic heterocycles. The number of nitrogens with two attached hydrogens (primary N) is 1. The zero-order chi connectivity index (χ0) is 15.6. The lowest BCUT2D eigenvalue weighted by Gasteiger charge is -2.32.